The van der Waals surface area contributed by atoms with Gasteiger partial charge in [-0.05, 0) is 73.4 Å². The zero-order chi connectivity index (χ0) is 28.1. The molecule has 0 radical (unpaired) electrons. The normalized spacial score (nSPS) is 24.9. The number of hydrogen-bond donors (Lipinski definition) is 2. The molecule has 212 valence electrons. The predicted octanol–water partition coefficient (Wildman–Crippen LogP) is 5.23. The minimum absolute atomic E-state index is 0.0957. The topological polar surface area (TPSA) is 113 Å². The Kier molecular flexibility index (Phi) is 9.86. The van der Waals surface area contributed by atoms with Crippen molar-refractivity contribution in [2.75, 3.05) is 26.9 Å². The van der Waals surface area contributed by atoms with Gasteiger partial charge in [0.25, 0.3) is 0 Å². The molecule has 2 heterocycles. The van der Waals surface area contributed by atoms with Gasteiger partial charge in [-0.25, -0.2) is 0 Å². The van der Waals surface area contributed by atoms with E-state index < -0.39 is 11.9 Å². The summed E-state index contributed by atoms with van der Waals surface area (Å²) in [5.74, 6) is -1.88. The molecule has 0 unspecified atom stereocenters. The maximum absolute atomic E-state index is 13.5. The number of phenols is 1. The van der Waals surface area contributed by atoms with Gasteiger partial charge in [-0.2, -0.15) is 0 Å². The molecule has 0 saturated carbocycles. The summed E-state index contributed by atoms with van der Waals surface area (Å²) in [6.07, 6.45) is 6.71. The van der Waals surface area contributed by atoms with Crippen LogP contribution in [0.3, 0.4) is 0 Å². The molecular formula is C30H38ClNO7. The highest BCUT2D eigenvalue weighted by Crippen LogP contribution is 2.50. The highest BCUT2D eigenvalue weighted by molar-refractivity contribution is 6.32. The third-order valence-corrected chi connectivity index (χ3v) is 8.54. The summed E-state index contributed by atoms with van der Waals surface area (Å²) in [5, 5.41) is 19.0. The number of carboxylic acids is 1. The summed E-state index contributed by atoms with van der Waals surface area (Å²) in [6.45, 7) is 3.25. The monoisotopic (exact) mass is 559 g/mol. The average molecular weight is 560 g/mol. The number of aliphatic carboxylic acids is 1. The van der Waals surface area contributed by atoms with Crippen LogP contribution in [0, 0.1) is 17.8 Å². The van der Waals surface area contributed by atoms with E-state index in [0.29, 0.717) is 50.5 Å². The lowest BCUT2D eigenvalue weighted by molar-refractivity contribution is -0.141. The van der Waals surface area contributed by atoms with Gasteiger partial charge < -0.3 is 19.7 Å². The van der Waals surface area contributed by atoms with Crippen LogP contribution < -0.4 is 0 Å². The molecule has 1 aromatic rings. The molecule has 1 aliphatic carbocycles. The highest BCUT2D eigenvalue weighted by atomic mass is 35.5. The number of methoxy groups -OCH3 is 1. The first-order chi connectivity index (χ1) is 18.7. The number of phenolic OH excluding ortho intramolecular Hbond substituents is 1. The molecular weight excluding hydrogens is 522 g/mol. The summed E-state index contributed by atoms with van der Waals surface area (Å²) < 4.78 is 11.8. The lowest BCUT2D eigenvalue weighted by Crippen LogP contribution is -2.35. The molecule has 4 atom stereocenters. The van der Waals surface area contributed by atoms with Gasteiger partial charge >= 0.3 is 5.97 Å². The number of allylic oxidation sites excluding steroid dienone is 1. The van der Waals surface area contributed by atoms with Crippen LogP contribution in [0.15, 0.2) is 34.9 Å². The number of ether oxygens (including phenoxy) is 2. The van der Waals surface area contributed by atoms with Gasteiger partial charge in [0.1, 0.15) is 5.75 Å². The zero-order valence-corrected chi connectivity index (χ0v) is 23.4. The van der Waals surface area contributed by atoms with Crippen LogP contribution in [0.2, 0.25) is 5.02 Å². The Morgan fingerprint density at radius 2 is 1.97 bits per heavy atom. The molecule has 2 amide bonds. The van der Waals surface area contributed by atoms with Crippen molar-refractivity contribution in [1.82, 2.24) is 4.90 Å². The Balaban J connectivity index is 1.46. The number of aromatic hydroxyl groups is 1. The number of amides is 2. The van der Waals surface area contributed by atoms with Gasteiger partial charge in [-0.1, -0.05) is 36.6 Å². The second kappa shape index (κ2) is 13.1. The van der Waals surface area contributed by atoms with E-state index >= 15 is 0 Å². The van der Waals surface area contributed by atoms with E-state index in [4.69, 9.17) is 26.2 Å². The number of carbonyl (C=O) groups is 3. The van der Waals surface area contributed by atoms with Crippen LogP contribution >= 0.6 is 11.6 Å². The number of hydrogen-bond acceptors (Lipinski definition) is 6. The molecule has 8 nitrogen and oxygen atoms in total. The van der Waals surface area contributed by atoms with Crippen molar-refractivity contribution in [3.05, 3.63) is 45.5 Å². The maximum Gasteiger partial charge on any atom is 0.303 e. The van der Waals surface area contributed by atoms with Gasteiger partial charge in [0.2, 0.25) is 11.8 Å². The molecule has 9 heteroatoms. The summed E-state index contributed by atoms with van der Waals surface area (Å²) >= 11 is 6.31. The Hall–Kier alpha value is -2.68. The van der Waals surface area contributed by atoms with Crippen LogP contribution in [-0.2, 0) is 23.9 Å². The summed E-state index contributed by atoms with van der Waals surface area (Å²) in [4.78, 5) is 38.9. The first-order valence-electron chi connectivity index (χ1n) is 13.8. The number of halogens is 1. The number of unbranched alkanes of at least 4 members (excludes halogenated alkanes) is 2. The molecule has 2 saturated heterocycles. The van der Waals surface area contributed by atoms with Crippen LogP contribution in [0.1, 0.15) is 63.9 Å². The number of fused-ring (bicyclic) bond motifs is 3. The minimum atomic E-state index is -0.833. The summed E-state index contributed by atoms with van der Waals surface area (Å²) in [5.41, 5.74) is 4.26. The fourth-order valence-electron chi connectivity index (χ4n) is 6.31. The first kappa shape index (κ1) is 29.3. The molecule has 2 N–H and O–H groups in total. The van der Waals surface area contributed by atoms with Gasteiger partial charge in [0.05, 0.1) is 36.2 Å². The Morgan fingerprint density at radius 3 is 2.67 bits per heavy atom. The number of rotatable bonds is 13. The standard InChI is InChI=1S/C30H38ClNO7/c1-3-18(13-19-9-10-21(33)15-24(19)31)8-11-25-27-20(16-38-2)14-22-28(23(27)17-39-25)30(37)32(29(22)36)12-6-4-5-7-26(34)35/h9-10,13,15,22-23,25,28,33H,3-8,11-12,14,16-17H2,1-2H3,(H,34,35)/b18-13+/t22-,23+,25-,28-/m1/s1. The lowest BCUT2D eigenvalue weighted by atomic mass is 9.69. The number of nitrogens with zero attached hydrogens (tertiary/aromatic N) is 1. The molecule has 0 spiro atoms. The average Bonchev–Trinajstić information content (AvgIpc) is 3.42. The molecule has 3 aliphatic rings. The van der Waals surface area contributed by atoms with Crippen LogP contribution in [0.25, 0.3) is 6.08 Å². The minimum Gasteiger partial charge on any atom is -0.508 e. The van der Waals surface area contributed by atoms with Gasteiger partial charge in [-0.3, -0.25) is 19.3 Å². The van der Waals surface area contributed by atoms with Crippen molar-refractivity contribution in [1.29, 1.82) is 0 Å². The summed E-state index contributed by atoms with van der Waals surface area (Å²) in [6, 6.07) is 4.96. The first-order valence-corrected chi connectivity index (χ1v) is 14.2. The Labute approximate surface area is 234 Å². The van der Waals surface area contributed by atoms with Crippen molar-refractivity contribution in [2.45, 2.75) is 64.4 Å². The predicted molar refractivity (Wildman–Crippen MR) is 147 cm³/mol. The number of carbonyl (C=O) groups excluding carboxylic acids is 2. The Bertz CT molecular complexity index is 1160. The van der Waals surface area contributed by atoms with Gasteiger partial charge in [0, 0.05) is 26.0 Å². The quantitative estimate of drug-likeness (QED) is 0.193. The fraction of sp³-hybridized carbons (Fsp3) is 0.567. The van der Waals surface area contributed by atoms with E-state index in [1.165, 1.54) is 16.5 Å². The van der Waals surface area contributed by atoms with Gasteiger partial charge in [-0.15, -0.1) is 0 Å². The van der Waals surface area contributed by atoms with E-state index in [2.05, 4.69) is 13.0 Å². The fourth-order valence-corrected chi connectivity index (χ4v) is 6.54. The number of carboxylic acid groups (broad SMARTS) is 1. The molecule has 1 aromatic carbocycles. The second-order valence-electron chi connectivity index (χ2n) is 10.7. The second-order valence-corrected chi connectivity index (χ2v) is 11.1. The van der Waals surface area contributed by atoms with E-state index in [-0.39, 0.29) is 41.9 Å². The summed E-state index contributed by atoms with van der Waals surface area (Å²) in [7, 11) is 1.64. The van der Waals surface area contributed by atoms with Crippen LogP contribution in [0.5, 0.6) is 5.75 Å². The Morgan fingerprint density at radius 1 is 1.18 bits per heavy atom. The van der Waals surface area contributed by atoms with Crippen molar-refractivity contribution < 1.29 is 34.1 Å². The van der Waals surface area contributed by atoms with Crippen molar-refractivity contribution in [3.63, 3.8) is 0 Å². The smallest absolute Gasteiger partial charge is 0.303 e. The number of likely N-dealkylation sites (tertiary alicyclic amines) is 1. The van der Waals surface area contributed by atoms with E-state index in [1.54, 1.807) is 19.2 Å². The van der Waals surface area contributed by atoms with Crippen molar-refractivity contribution >= 4 is 35.5 Å². The largest absolute Gasteiger partial charge is 0.508 e. The van der Waals surface area contributed by atoms with E-state index in [1.807, 2.05) is 0 Å². The number of benzene rings is 1. The number of imide groups is 1. The molecule has 39 heavy (non-hydrogen) atoms. The van der Waals surface area contributed by atoms with Crippen molar-refractivity contribution in [2.24, 2.45) is 17.8 Å². The zero-order valence-electron chi connectivity index (χ0n) is 22.7. The maximum atomic E-state index is 13.5. The van der Waals surface area contributed by atoms with Crippen LogP contribution in [0.4, 0.5) is 0 Å². The SMILES string of the molecule is CC/C(=C\c1ccc(O)cc1Cl)CC[C@H]1OC[C@H]2C1=C(COC)C[C@H]1C(=O)N(CCCCCC(=O)O)C(=O)[C@H]12. The van der Waals surface area contributed by atoms with Crippen molar-refractivity contribution in [3.8, 4) is 5.75 Å². The molecule has 2 fully saturated rings. The van der Waals surface area contributed by atoms with E-state index in [0.717, 1.165) is 36.0 Å². The van der Waals surface area contributed by atoms with Gasteiger partial charge in [0.15, 0.2) is 0 Å². The molecule has 0 bridgehead atoms. The molecule has 4 rings (SSSR count). The third kappa shape index (κ3) is 6.56. The lowest BCUT2D eigenvalue weighted by Gasteiger charge is -2.31. The third-order valence-electron chi connectivity index (χ3n) is 8.22. The van der Waals surface area contributed by atoms with E-state index in [9.17, 15) is 19.5 Å². The molecule has 0 aromatic heterocycles. The highest BCUT2D eigenvalue weighted by Gasteiger charge is 2.56. The van der Waals surface area contributed by atoms with Crippen LogP contribution in [-0.4, -0.2) is 65.9 Å². The molecule has 2 aliphatic heterocycles.